The lowest BCUT2D eigenvalue weighted by molar-refractivity contribution is 0.0507. The van der Waals surface area contributed by atoms with E-state index < -0.39 is 0 Å². The summed E-state index contributed by atoms with van der Waals surface area (Å²) in [6, 6.07) is 0. The summed E-state index contributed by atoms with van der Waals surface area (Å²) in [5.74, 6) is 0. The third-order valence-corrected chi connectivity index (χ3v) is 2.52. The summed E-state index contributed by atoms with van der Waals surface area (Å²) in [4.78, 5) is 0. The van der Waals surface area contributed by atoms with Crippen LogP contribution in [-0.4, -0.2) is 21.6 Å². The number of rotatable bonds is 5. The van der Waals surface area contributed by atoms with Crippen LogP contribution in [0.2, 0.25) is 0 Å². The Morgan fingerprint density at radius 2 is 1.78 bits per heavy atom. The zero-order valence-electron chi connectivity index (χ0n) is 12.7. The molecule has 0 saturated carbocycles. The Morgan fingerprint density at radius 1 is 1.11 bits per heavy atom. The highest BCUT2D eigenvalue weighted by molar-refractivity contribution is 4.95. The second kappa shape index (κ2) is 5.83. The van der Waals surface area contributed by atoms with Crippen molar-refractivity contribution >= 4 is 0 Å². The Kier molecular flexibility index (Phi) is 4.91. The van der Waals surface area contributed by atoms with E-state index in [-0.39, 0.29) is 5.41 Å². The Labute approximate surface area is 111 Å². The first-order chi connectivity index (χ1) is 8.16. The second-order valence-corrected chi connectivity index (χ2v) is 7.33. The lowest BCUT2D eigenvalue weighted by Gasteiger charge is -2.17. The van der Waals surface area contributed by atoms with Crippen LogP contribution in [-0.2, 0) is 17.9 Å². The third-order valence-electron chi connectivity index (χ3n) is 2.52. The number of hydrogen-bond acceptors (Lipinski definition) is 3. The summed E-state index contributed by atoms with van der Waals surface area (Å²) in [5, 5.41) is 8.24. The van der Waals surface area contributed by atoms with Crippen LogP contribution >= 0.6 is 0 Å². The van der Waals surface area contributed by atoms with E-state index >= 15 is 0 Å². The van der Waals surface area contributed by atoms with E-state index in [9.17, 15) is 0 Å². The standard InChI is InChI=1S/C14H27N3O/c1-13(2,3)7-8-18-11-17-10-12(15-16-17)9-14(4,5)6/h10H,7-9,11H2,1-6H3. The van der Waals surface area contributed by atoms with Gasteiger partial charge in [-0.3, -0.25) is 0 Å². The Balaban J connectivity index is 2.32. The van der Waals surface area contributed by atoms with E-state index in [4.69, 9.17) is 4.74 Å². The largest absolute Gasteiger partial charge is 0.359 e. The van der Waals surface area contributed by atoms with Crippen LogP contribution in [0.15, 0.2) is 6.20 Å². The molecule has 0 atom stereocenters. The summed E-state index contributed by atoms with van der Waals surface area (Å²) in [6.45, 7) is 14.5. The highest BCUT2D eigenvalue weighted by Crippen LogP contribution is 2.19. The maximum absolute atomic E-state index is 5.60. The van der Waals surface area contributed by atoms with Crippen LogP contribution in [0, 0.1) is 10.8 Å². The molecule has 1 rings (SSSR count). The van der Waals surface area contributed by atoms with Crippen molar-refractivity contribution in [1.82, 2.24) is 15.0 Å². The van der Waals surface area contributed by atoms with Gasteiger partial charge in [-0.2, -0.15) is 0 Å². The van der Waals surface area contributed by atoms with Gasteiger partial charge in [0.2, 0.25) is 0 Å². The fourth-order valence-corrected chi connectivity index (χ4v) is 1.56. The normalized spacial score (nSPS) is 13.0. The zero-order valence-corrected chi connectivity index (χ0v) is 12.7. The monoisotopic (exact) mass is 253 g/mol. The van der Waals surface area contributed by atoms with Crippen molar-refractivity contribution in [3.63, 3.8) is 0 Å². The average molecular weight is 253 g/mol. The molecule has 104 valence electrons. The van der Waals surface area contributed by atoms with Gasteiger partial charge in [-0.15, -0.1) is 5.10 Å². The molecule has 18 heavy (non-hydrogen) atoms. The van der Waals surface area contributed by atoms with Gasteiger partial charge in [0.25, 0.3) is 0 Å². The van der Waals surface area contributed by atoms with Gasteiger partial charge < -0.3 is 4.74 Å². The number of aromatic nitrogens is 3. The van der Waals surface area contributed by atoms with Crippen molar-refractivity contribution in [2.45, 2.75) is 61.1 Å². The van der Waals surface area contributed by atoms with Gasteiger partial charge in [0.05, 0.1) is 11.9 Å². The van der Waals surface area contributed by atoms with Gasteiger partial charge in [0.1, 0.15) is 6.73 Å². The maximum atomic E-state index is 5.60. The Morgan fingerprint density at radius 3 is 2.33 bits per heavy atom. The maximum Gasteiger partial charge on any atom is 0.141 e. The number of nitrogens with zero attached hydrogens (tertiary/aromatic N) is 3. The lowest BCUT2D eigenvalue weighted by Crippen LogP contribution is -2.11. The number of ether oxygens (including phenoxy) is 1. The molecule has 4 nitrogen and oxygen atoms in total. The van der Waals surface area contributed by atoms with Crippen LogP contribution in [0.4, 0.5) is 0 Å². The summed E-state index contributed by atoms with van der Waals surface area (Å²) >= 11 is 0. The third kappa shape index (κ3) is 6.74. The minimum absolute atomic E-state index is 0.244. The summed E-state index contributed by atoms with van der Waals surface area (Å²) in [6.07, 6.45) is 3.97. The molecule has 0 bridgehead atoms. The fourth-order valence-electron chi connectivity index (χ4n) is 1.56. The molecule has 0 aromatic carbocycles. The van der Waals surface area contributed by atoms with Crippen LogP contribution in [0.3, 0.4) is 0 Å². The van der Waals surface area contributed by atoms with Gasteiger partial charge in [-0.25, -0.2) is 4.68 Å². The molecule has 1 heterocycles. The van der Waals surface area contributed by atoms with Gasteiger partial charge >= 0.3 is 0 Å². The lowest BCUT2D eigenvalue weighted by atomic mass is 9.91. The predicted molar refractivity (Wildman–Crippen MR) is 73.2 cm³/mol. The topological polar surface area (TPSA) is 39.9 Å². The molecule has 0 radical (unpaired) electrons. The molecule has 0 aliphatic carbocycles. The minimum Gasteiger partial charge on any atom is -0.359 e. The van der Waals surface area contributed by atoms with Crippen molar-refractivity contribution in [1.29, 1.82) is 0 Å². The van der Waals surface area contributed by atoms with E-state index in [2.05, 4.69) is 51.9 Å². The molecule has 0 aliphatic heterocycles. The van der Waals surface area contributed by atoms with Gasteiger partial charge in [0, 0.05) is 6.61 Å². The van der Waals surface area contributed by atoms with E-state index in [1.807, 2.05) is 6.20 Å². The molecule has 1 aromatic heterocycles. The minimum atomic E-state index is 0.244. The van der Waals surface area contributed by atoms with Crippen LogP contribution < -0.4 is 0 Å². The van der Waals surface area contributed by atoms with Gasteiger partial charge in [-0.1, -0.05) is 46.8 Å². The molecule has 0 fully saturated rings. The van der Waals surface area contributed by atoms with Crippen LogP contribution in [0.1, 0.15) is 53.7 Å². The molecular formula is C14H27N3O. The molecule has 4 heteroatoms. The quantitative estimate of drug-likeness (QED) is 0.756. The number of hydrogen-bond donors (Lipinski definition) is 0. The SMILES string of the molecule is CC(C)(C)CCOCn1cc(CC(C)(C)C)nn1. The van der Waals surface area contributed by atoms with Crippen molar-refractivity contribution in [3.05, 3.63) is 11.9 Å². The predicted octanol–water partition coefficient (Wildman–Crippen LogP) is 3.28. The molecule has 0 unspecified atom stereocenters. The van der Waals surface area contributed by atoms with E-state index in [0.29, 0.717) is 12.1 Å². The van der Waals surface area contributed by atoms with E-state index in [0.717, 1.165) is 25.1 Å². The van der Waals surface area contributed by atoms with Crippen LogP contribution in [0.25, 0.3) is 0 Å². The van der Waals surface area contributed by atoms with Crippen LogP contribution in [0.5, 0.6) is 0 Å². The molecule has 1 aromatic rings. The Hall–Kier alpha value is -0.900. The van der Waals surface area contributed by atoms with Crippen molar-refractivity contribution in [3.8, 4) is 0 Å². The summed E-state index contributed by atoms with van der Waals surface area (Å²) in [5.41, 5.74) is 1.59. The van der Waals surface area contributed by atoms with Crippen molar-refractivity contribution in [2.75, 3.05) is 6.61 Å². The smallest absolute Gasteiger partial charge is 0.141 e. The molecule has 0 saturated heterocycles. The highest BCUT2D eigenvalue weighted by atomic mass is 16.5. The highest BCUT2D eigenvalue weighted by Gasteiger charge is 2.14. The van der Waals surface area contributed by atoms with Gasteiger partial charge in [0.15, 0.2) is 0 Å². The summed E-state index contributed by atoms with van der Waals surface area (Å²) in [7, 11) is 0. The van der Waals surface area contributed by atoms with E-state index in [1.165, 1.54) is 0 Å². The average Bonchev–Trinajstić information content (AvgIpc) is 2.56. The van der Waals surface area contributed by atoms with Gasteiger partial charge in [-0.05, 0) is 23.7 Å². The summed E-state index contributed by atoms with van der Waals surface area (Å²) < 4.78 is 7.37. The molecule has 0 spiro atoms. The first-order valence-electron chi connectivity index (χ1n) is 6.62. The first kappa shape index (κ1) is 15.2. The fraction of sp³-hybridized carbons (Fsp3) is 0.857. The second-order valence-electron chi connectivity index (χ2n) is 7.33. The molecular weight excluding hydrogens is 226 g/mol. The van der Waals surface area contributed by atoms with Crippen molar-refractivity contribution in [2.24, 2.45) is 10.8 Å². The van der Waals surface area contributed by atoms with Crippen molar-refractivity contribution < 1.29 is 4.74 Å². The molecule has 0 N–H and O–H groups in total. The van der Waals surface area contributed by atoms with E-state index in [1.54, 1.807) is 4.68 Å². The zero-order chi connectivity index (χ0) is 13.8. The molecule has 0 aliphatic rings. The molecule has 0 amide bonds. The Bertz CT molecular complexity index is 358. The first-order valence-corrected chi connectivity index (χ1v) is 6.62.